The van der Waals surface area contributed by atoms with Gasteiger partial charge in [0, 0.05) is 23.1 Å². The molecule has 33 heavy (non-hydrogen) atoms. The van der Waals surface area contributed by atoms with Gasteiger partial charge in [0.15, 0.2) is 11.5 Å². The Morgan fingerprint density at radius 3 is 2.33 bits per heavy atom. The van der Waals surface area contributed by atoms with Crippen molar-refractivity contribution in [2.45, 2.75) is 20.8 Å². The van der Waals surface area contributed by atoms with E-state index in [1.807, 2.05) is 51.1 Å². The number of anilines is 1. The first-order chi connectivity index (χ1) is 15.8. The van der Waals surface area contributed by atoms with Crippen molar-refractivity contribution in [2.75, 3.05) is 11.7 Å². The van der Waals surface area contributed by atoms with Crippen LogP contribution in [-0.2, 0) is 9.59 Å². The van der Waals surface area contributed by atoms with Crippen LogP contribution in [0.1, 0.15) is 22.5 Å². The van der Waals surface area contributed by atoms with Gasteiger partial charge in [-0.05, 0) is 62.7 Å². The molecular weight excluding hydrogens is 422 g/mol. The van der Waals surface area contributed by atoms with Crippen LogP contribution in [0.25, 0.3) is 11.8 Å². The highest BCUT2D eigenvalue weighted by atomic mass is 16.7. The number of barbiturate groups is 1. The second-order valence-electron chi connectivity index (χ2n) is 7.99. The largest absolute Gasteiger partial charge is 0.454 e. The maximum Gasteiger partial charge on any atom is 0.335 e. The Labute approximate surface area is 190 Å². The van der Waals surface area contributed by atoms with Crippen LogP contribution in [0, 0.1) is 20.8 Å². The first kappa shape index (κ1) is 20.6. The number of imide groups is 2. The highest BCUT2D eigenvalue weighted by molar-refractivity contribution is 6.39. The molecule has 0 bridgehead atoms. The number of carbonyl (C=O) groups excluding carboxylic acids is 3. The van der Waals surface area contributed by atoms with E-state index in [-0.39, 0.29) is 18.1 Å². The number of aromatic nitrogens is 1. The molecular formula is C25H21N3O5. The molecule has 8 nitrogen and oxygen atoms in total. The average Bonchev–Trinajstić information content (AvgIpc) is 3.35. The molecule has 1 saturated heterocycles. The molecule has 0 spiro atoms. The molecule has 3 aromatic rings. The zero-order valence-electron chi connectivity index (χ0n) is 18.3. The fraction of sp³-hybridized carbons (Fsp3) is 0.160. The van der Waals surface area contributed by atoms with Crippen molar-refractivity contribution in [1.82, 2.24) is 9.88 Å². The Morgan fingerprint density at radius 2 is 1.58 bits per heavy atom. The van der Waals surface area contributed by atoms with Gasteiger partial charge in [-0.25, -0.2) is 9.69 Å². The maximum absolute atomic E-state index is 13.3. The Hall–Kier alpha value is -4.33. The van der Waals surface area contributed by atoms with Crippen molar-refractivity contribution in [1.29, 1.82) is 0 Å². The summed E-state index contributed by atoms with van der Waals surface area (Å²) in [5.74, 6) is -0.485. The molecule has 0 aliphatic carbocycles. The highest BCUT2D eigenvalue weighted by Gasteiger charge is 2.37. The fourth-order valence-corrected chi connectivity index (χ4v) is 4.10. The molecule has 0 atom stereocenters. The second kappa shape index (κ2) is 7.67. The van der Waals surface area contributed by atoms with E-state index in [9.17, 15) is 14.4 Å². The van der Waals surface area contributed by atoms with E-state index in [1.165, 1.54) is 12.1 Å². The molecule has 4 amide bonds. The molecule has 0 saturated carbocycles. The summed E-state index contributed by atoms with van der Waals surface area (Å²) in [7, 11) is 0. The summed E-state index contributed by atoms with van der Waals surface area (Å²) in [5, 5.41) is 2.26. The van der Waals surface area contributed by atoms with E-state index in [0.717, 1.165) is 27.5 Å². The molecule has 2 aromatic carbocycles. The Kier molecular flexibility index (Phi) is 4.78. The number of hydrogen-bond donors (Lipinski definition) is 1. The zero-order chi connectivity index (χ0) is 23.3. The summed E-state index contributed by atoms with van der Waals surface area (Å²) in [6, 6.07) is 13.9. The first-order valence-corrected chi connectivity index (χ1v) is 10.4. The molecule has 3 heterocycles. The molecule has 5 rings (SSSR count). The summed E-state index contributed by atoms with van der Waals surface area (Å²) in [6.45, 7) is 5.97. The lowest BCUT2D eigenvalue weighted by molar-refractivity contribution is -0.122. The number of hydrogen-bond acceptors (Lipinski definition) is 5. The fourth-order valence-electron chi connectivity index (χ4n) is 4.10. The number of amides is 4. The van der Waals surface area contributed by atoms with Gasteiger partial charge in [0.2, 0.25) is 6.79 Å². The van der Waals surface area contributed by atoms with E-state index in [4.69, 9.17) is 9.47 Å². The summed E-state index contributed by atoms with van der Waals surface area (Å²) in [6.07, 6.45) is 1.52. The van der Waals surface area contributed by atoms with E-state index in [2.05, 4.69) is 9.88 Å². The number of fused-ring (bicyclic) bond motifs is 1. The molecule has 0 unspecified atom stereocenters. The van der Waals surface area contributed by atoms with Crippen molar-refractivity contribution in [2.24, 2.45) is 0 Å². The SMILES string of the molecule is Cc1ccc(-n2c(C)cc(/C=C3/C(=O)NC(=O)N(c4ccc5c(c4)OCO5)C3=O)c2C)cc1. The van der Waals surface area contributed by atoms with Crippen LogP contribution < -0.4 is 19.7 Å². The molecule has 1 aromatic heterocycles. The summed E-state index contributed by atoms with van der Waals surface area (Å²) in [5.41, 5.74) is 4.83. The normalized spacial score (nSPS) is 16.5. The van der Waals surface area contributed by atoms with Crippen molar-refractivity contribution >= 4 is 29.6 Å². The monoisotopic (exact) mass is 443 g/mol. The number of benzene rings is 2. The first-order valence-electron chi connectivity index (χ1n) is 10.4. The summed E-state index contributed by atoms with van der Waals surface area (Å²) < 4.78 is 12.7. The number of ether oxygens (including phenoxy) is 2. The maximum atomic E-state index is 13.3. The lowest BCUT2D eigenvalue weighted by Crippen LogP contribution is -2.54. The van der Waals surface area contributed by atoms with Gasteiger partial charge in [0.1, 0.15) is 5.57 Å². The van der Waals surface area contributed by atoms with E-state index in [0.29, 0.717) is 17.1 Å². The second-order valence-corrected chi connectivity index (χ2v) is 7.99. The van der Waals surface area contributed by atoms with Crippen molar-refractivity contribution in [3.8, 4) is 17.2 Å². The standard InChI is InChI=1S/C25H21N3O5/c1-14-4-6-18(7-5-14)27-15(2)10-17(16(27)3)11-20-23(29)26-25(31)28(24(20)30)19-8-9-21-22(12-19)33-13-32-21/h4-12H,13H2,1-3H3,(H,26,29,31)/b20-11-. The van der Waals surface area contributed by atoms with Crippen LogP contribution in [0.4, 0.5) is 10.5 Å². The third kappa shape index (κ3) is 3.45. The predicted octanol–water partition coefficient (Wildman–Crippen LogP) is 3.80. The lowest BCUT2D eigenvalue weighted by Gasteiger charge is -2.26. The van der Waals surface area contributed by atoms with Crippen LogP contribution in [0.5, 0.6) is 11.5 Å². The average molecular weight is 443 g/mol. The van der Waals surface area contributed by atoms with Gasteiger partial charge in [-0.1, -0.05) is 17.7 Å². The van der Waals surface area contributed by atoms with Crippen molar-refractivity contribution in [3.05, 3.63) is 76.6 Å². The number of carbonyl (C=O) groups is 3. The highest BCUT2D eigenvalue weighted by Crippen LogP contribution is 2.36. The van der Waals surface area contributed by atoms with Crippen LogP contribution >= 0.6 is 0 Å². The molecule has 8 heteroatoms. The third-order valence-electron chi connectivity index (χ3n) is 5.78. The molecule has 2 aliphatic heterocycles. The van der Waals surface area contributed by atoms with E-state index >= 15 is 0 Å². The van der Waals surface area contributed by atoms with Crippen LogP contribution in [0.3, 0.4) is 0 Å². The minimum atomic E-state index is -0.814. The molecule has 1 N–H and O–H groups in total. The Morgan fingerprint density at radius 1 is 0.879 bits per heavy atom. The minimum absolute atomic E-state index is 0.0686. The summed E-state index contributed by atoms with van der Waals surface area (Å²) >= 11 is 0. The number of nitrogens with zero attached hydrogens (tertiary/aromatic N) is 2. The number of aryl methyl sites for hydroxylation is 2. The number of rotatable bonds is 3. The van der Waals surface area contributed by atoms with Crippen molar-refractivity contribution < 1.29 is 23.9 Å². The zero-order valence-corrected chi connectivity index (χ0v) is 18.3. The van der Waals surface area contributed by atoms with Gasteiger partial charge >= 0.3 is 6.03 Å². The quantitative estimate of drug-likeness (QED) is 0.491. The van der Waals surface area contributed by atoms with Crippen LogP contribution in [-0.4, -0.2) is 29.2 Å². The number of nitrogens with one attached hydrogen (secondary N) is 1. The minimum Gasteiger partial charge on any atom is -0.454 e. The Balaban J connectivity index is 1.53. The molecule has 0 radical (unpaired) electrons. The smallest absolute Gasteiger partial charge is 0.335 e. The molecule has 2 aliphatic rings. The van der Waals surface area contributed by atoms with Gasteiger partial charge in [-0.2, -0.15) is 0 Å². The van der Waals surface area contributed by atoms with Gasteiger partial charge in [-0.3, -0.25) is 14.9 Å². The van der Waals surface area contributed by atoms with Crippen molar-refractivity contribution in [3.63, 3.8) is 0 Å². The predicted molar refractivity (Wildman–Crippen MR) is 122 cm³/mol. The summed E-state index contributed by atoms with van der Waals surface area (Å²) in [4.78, 5) is 39.3. The van der Waals surface area contributed by atoms with Gasteiger partial charge in [0.25, 0.3) is 11.8 Å². The lowest BCUT2D eigenvalue weighted by atomic mass is 10.1. The van der Waals surface area contributed by atoms with Gasteiger partial charge in [0.05, 0.1) is 5.69 Å². The van der Waals surface area contributed by atoms with Gasteiger partial charge in [-0.15, -0.1) is 0 Å². The Bertz CT molecular complexity index is 1350. The topological polar surface area (TPSA) is 89.9 Å². The van der Waals surface area contributed by atoms with E-state index < -0.39 is 17.8 Å². The number of urea groups is 1. The van der Waals surface area contributed by atoms with Crippen LogP contribution in [0.2, 0.25) is 0 Å². The third-order valence-corrected chi connectivity index (χ3v) is 5.78. The molecule has 1 fully saturated rings. The molecule has 166 valence electrons. The van der Waals surface area contributed by atoms with E-state index in [1.54, 1.807) is 12.1 Å². The van der Waals surface area contributed by atoms with Crippen LogP contribution in [0.15, 0.2) is 54.1 Å². The van der Waals surface area contributed by atoms with Gasteiger partial charge < -0.3 is 14.0 Å².